The molecule has 0 bridgehead atoms. The van der Waals surface area contributed by atoms with Crippen molar-refractivity contribution in [3.63, 3.8) is 0 Å². The first-order valence-electron chi connectivity index (χ1n) is 10.8. The van der Waals surface area contributed by atoms with Crippen LogP contribution in [0.2, 0.25) is 0 Å². The number of nitrogen functional groups attached to an aromatic ring is 1. The van der Waals surface area contributed by atoms with Crippen LogP contribution in [-0.4, -0.2) is 67.0 Å². The molecule has 32 heavy (non-hydrogen) atoms. The molecule has 3 heterocycles. The first-order valence-corrected chi connectivity index (χ1v) is 10.8. The van der Waals surface area contributed by atoms with E-state index in [1.54, 1.807) is 0 Å². The Balaban J connectivity index is 0.000000913. The average molecular weight is 444 g/mol. The van der Waals surface area contributed by atoms with E-state index in [9.17, 15) is 0 Å². The average Bonchev–Trinajstić information content (AvgIpc) is 2.79. The summed E-state index contributed by atoms with van der Waals surface area (Å²) in [6.45, 7) is 11.0. The summed E-state index contributed by atoms with van der Waals surface area (Å²) in [5, 5.41) is 6.89. The number of nitrogens with two attached hydrogens (primary N) is 1. The molecule has 2 aliphatic heterocycles. The molecule has 1 aromatic heterocycles. The Bertz CT molecular complexity index is 868. The molecule has 174 valence electrons. The molecule has 9 nitrogen and oxygen atoms in total. The monoisotopic (exact) mass is 443 g/mol. The first-order chi connectivity index (χ1) is 15.3. The molecule has 0 saturated carbocycles. The molecule has 2 aliphatic rings. The minimum Gasteiger partial charge on any atom is -0.483 e. The van der Waals surface area contributed by atoms with Gasteiger partial charge < -0.3 is 30.1 Å². The fourth-order valence-corrected chi connectivity index (χ4v) is 3.83. The van der Waals surface area contributed by atoms with E-state index in [2.05, 4.69) is 70.9 Å². The smallest absolute Gasteiger partial charge is 0.290 e. The highest BCUT2D eigenvalue weighted by Gasteiger charge is 2.36. The Morgan fingerprint density at radius 2 is 1.66 bits per heavy atom. The van der Waals surface area contributed by atoms with E-state index in [1.165, 1.54) is 5.56 Å². The summed E-state index contributed by atoms with van der Waals surface area (Å²) in [6, 6.07) is 12.5. The second-order valence-electron chi connectivity index (χ2n) is 8.94. The third kappa shape index (κ3) is 6.08. The molecule has 3 N–H and O–H groups in total. The number of carbonyl (C=O) groups is 1. The van der Waals surface area contributed by atoms with Gasteiger partial charge in [0.1, 0.15) is 17.7 Å². The predicted molar refractivity (Wildman–Crippen MR) is 124 cm³/mol. The summed E-state index contributed by atoms with van der Waals surface area (Å²) in [5.74, 6) is 2.03. The number of hydrogen-bond donors (Lipinski definition) is 2. The number of benzene rings is 1. The number of ether oxygens (including phenoxy) is 2. The van der Waals surface area contributed by atoms with Crippen LogP contribution in [0.5, 0.6) is 0 Å². The molecule has 0 amide bonds. The van der Waals surface area contributed by atoms with Gasteiger partial charge in [0.25, 0.3) is 6.47 Å². The van der Waals surface area contributed by atoms with Crippen molar-refractivity contribution in [2.24, 2.45) is 5.41 Å². The topological polar surface area (TPSA) is 114 Å². The Labute approximate surface area is 189 Å². The van der Waals surface area contributed by atoms with Gasteiger partial charge in [-0.1, -0.05) is 51.1 Å². The van der Waals surface area contributed by atoms with Crippen LogP contribution in [0.1, 0.15) is 32.4 Å². The summed E-state index contributed by atoms with van der Waals surface area (Å²) >= 11 is 0. The standard InChI is InChI=1S/C22H31N5O2.CH2O2/c1-22(2,3)18-15-27(14-17(29-18)16-7-5-4-6-8-16)20-13-19(24-21(23)25-20)26-9-11-28-12-10-26;2-1-3/h4-8,13,17-18H,9-12,14-15H2,1-3H3,(H2,23,24,25);1H,(H,2,3)/t17-,18+;/m0./s1. The molecule has 9 heteroatoms. The number of nitrogens with zero attached hydrogens (tertiary/aromatic N) is 4. The lowest BCUT2D eigenvalue weighted by atomic mass is 9.87. The SMILES string of the molecule is CC(C)(C)[C@H]1CN(c2cc(N3CCOCC3)nc(N)n2)C[C@@H](c2ccccc2)O1.O=CO. The fourth-order valence-electron chi connectivity index (χ4n) is 3.83. The zero-order chi connectivity index (χ0) is 23.1. The zero-order valence-electron chi connectivity index (χ0n) is 19.0. The second-order valence-corrected chi connectivity index (χ2v) is 8.94. The van der Waals surface area contributed by atoms with Crippen molar-refractivity contribution in [1.82, 2.24) is 9.97 Å². The maximum absolute atomic E-state index is 8.36. The molecule has 2 saturated heterocycles. The molecular formula is C23H33N5O4. The largest absolute Gasteiger partial charge is 0.483 e. The van der Waals surface area contributed by atoms with E-state index >= 15 is 0 Å². The quantitative estimate of drug-likeness (QED) is 0.691. The van der Waals surface area contributed by atoms with Gasteiger partial charge in [0.15, 0.2) is 0 Å². The molecule has 1 aromatic carbocycles. The Hall–Kier alpha value is -2.91. The van der Waals surface area contributed by atoms with E-state index in [1.807, 2.05) is 6.07 Å². The molecule has 4 rings (SSSR count). The van der Waals surface area contributed by atoms with Crippen molar-refractivity contribution in [3.8, 4) is 0 Å². The van der Waals surface area contributed by atoms with Crippen molar-refractivity contribution in [3.05, 3.63) is 42.0 Å². The number of aromatic nitrogens is 2. The van der Waals surface area contributed by atoms with Gasteiger partial charge in [-0.05, 0) is 11.0 Å². The van der Waals surface area contributed by atoms with E-state index in [0.29, 0.717) is 19.2 Å². The van der Waals surface area contributed by atoms with Crippen LogP contribution in [-0.2, 0) is 14.3 Å². The summed E-state index contributed by atoms with van der Waals surface area (Å²) in [5.41, 5.74) is 7.29. The van der Waals surface area contributed by atoms with Gasteiger partial charge in [0, 0.05) is 32.2 Å². The van der Waals surface area contributed by atoms with Crippen molar-refractivity contribution in [1.29, 1.82) is 0 Å². The Morgan fingerprint density at radius 3 is 2.25 bits per heavy atom. The van der Waals surface area contributed by atoms with Crippen LogP contribution < -0.4 is 15.5 Å². The lowest BCUT2D eigenvalue weighted by Crippen LogP contribution is -2.49. The van der Waals surface area contributed by atoms with Gasteiger partial charge in [0.05, 0.1) is 19.3 Å². The van der Waals surface area contributed by atoms with Crippen LogP contribution in [0.4, 0.5) is 17.6 Å². The van der Waals surface area contributed by atoms with Crippen molar-refractivity contribution in [2.45, 2.75) is 33.0 Å². The van der Waals surface area contributed by atoms with Crippen LogP contribution in [0.3, 0.4) is 0 Å². The third-order valence-corrected chi connectivity index (χ3v) is 5.61. The molecule has 0 unspecified atom stereocenters. The van der Waals surface area contributed by atoms with E-state index in [-0.39, 0.29) is 24.1 Å². The van der Waals surface area contributed by atoms with Gasteiger partial charge in [0.2, 0.25) is 5.95 Å². The lowest BCUT2D eigenvalue weighted by molar-refractivity contribution is -0.122. The molecule has 0 spiro atoms. The van der Waals surface area contributed by atoms with Gasteiger partial charge in [-0.15, -0.1) is 0 Å². The molecule has 2 atom stereocenters. The second kappa shape index (κ2) is 10.6. The fraction of sp³-hybridized carbons (Fsp3) is 0.522. The number of morpholine rings is 2. The number of anilines is 3. The molecule has 2 fully saturated rings. The normalized spacial score (nSPS) is 21.5. The molecular weight excluding hydrogens is 410 g/mol. The highest BCUT2D eigenvalue weighted by molar-refractivity contribution is 5.55. The van der Waals surface area contributed by atoms with Crippen molar-refractivity contribution < 1.29 is 19.4 Å². The summed E-state index contributed by atoms with van der Waals surface area (Å²) in [4.78, 5) is 21.9. The maximum atomic E-state index is 8.36. The van der Waals surface area contributed by atoms with E-state index in [4.69, 9.17) is 25.1 Å². The minimum absolute atomic E-state index is 0.0112. The van der Waals surface area contributed by atoms with E-state index < -0.39 is 0 Å². The third-order valence-electron chi connectivity index (χ3n) is 5.61. The highest BCUT2D eigenvalue weighted by Crippen LogP contribution is 2.35. The molecule has 0 radical (unpaired) electrons. The van der Waals surface area contributed by atoms with Gasteiger partial charge in [-0.3, -0.25) is 4.79 Å². The first kappa shape index (κ1) is 23.7. The summed E-state index contributed by atoms with van der Waals surface area (Å²) in [7, 11) is 0. The highest BCUT2D eigenvalue weighted by atomic mass is 16.5. The number of hydrogen-bond acceptors (Lipinski definition) is 8. The lowest BCUT2D eigenvalue weighted by Gasteiger charge is -2.44. The summed E-state index contributed by atoms with van der Waals surface area (Å²) < 4.78 is 12.0. The number of rotatable bonds is 3. The van der Waals surface area contributed by atoms with Crippen molar-refractivity contribution >= 4 is 24.1 Å². The van der Waals surface area contributed by atoms with Crippen LogP contribution in [0, 0.1) is 5.41 Å². The van der Waals surface area contributed by atoms with E-state index in [0.717, 1.165) is 37.8 Å². The zero-order valence-corrected chi connectivity index (χ0v) is 19.0. The van der Waals surface area contributed by atoms with Crippen molar-refractivity contribution in [2.75, 3.05) is 54.9 Å². The summed E-state index contributed by atoms with van der Waals surface area (Å²) in [6.07, 6.45) is 0.0571. The Kier molecular flexibility index (Phi) is 7.87. The van der Waals surface area contributed by atoms with Crippen LogP contribution in [0.15, 0.2) is 36.4 Å². The minimum atomic E-state index is -0.250. The molecule has 0 aliphatic carbocycles. The van der Waals surface area contributed by atoms with Gasteiger partial charge in [-0.25, -0.2) is 0 Å². The van der Waals surface area contributed by atoms with Crippen LogP contribution in [0.25, 0.3) is 0 Å². The maximum Gasteiger partial charge on any atom is 0.290 e. The predicted octanol–water partition coefficient (Wildman–Crippen LogP) is 2.59. The van der Waals surface area contributed by atoms with Gasteiger partial charge in [-0.2, -0.15) is 9.97 Å². The van der Waals surface area contributed by atoms with Crippen LogP contribution >= 0.6 is 0 Å². The van der Waals surface area contributed by atoms with Gasteiger partial charge >= 0.3 is 0 Å². The molecule has 2 aromatic rings. The number of carboxylic acid groups (broad SMARTS) is 1. The Morgan fingerprint density at radius 1 is 1.06 bits per heavy atom.